The van der Waals surface area contributed by atoms with Crippen LogP contribution in [0.5, 0.6) is 0 Å². The van der Waals surface area contributed by atoms with Gasteiger partial charge in [0.05, 0.1) is 25.0 Å². The van der Waals surface area contributed by atoms with E-state index in [4.69, 9.17) is 9.47 Å². The zero-order valence-corrected chi connectivity index (χ0v) is 26.3. The fourth-order valence-electron chi connectivity index (χ4n) is 6.92. The smallest absolute Gasteiger partial charge is 0.385 e. The zero-order chi connectivity index (χ0) is 32.7. The van der Waals surface area contributed by atoms with E-state index in [0.29, 0.717) is 59.5 Å². The molecule has 1 aliphatic heterocycles. The van der Waals surface area contributed by atoms with Crippen LogP contribution in [0.25, 0.3) is 28.3 Å². The highest BCUT2D eigenvalue weighted by atomic mass is 19.1. The Morgan fingerprint density at radius 3 is 2.60 bits per heavy atom. The van der Waals surface area contributed by atoms with Crippen LogP contribution in [0.2, 0.25) is 0 Å². The Bertz CT molecular complexity index is 2020. The number of ether oxygens (including phenoxy) is 2. The number of hydrogen-bond acceptors (Lipinski definition) is 9. The second kappa shape index (κ2) is 12.6. The third kappa shape index (κ3) is 5.94. The number of aryl methyl sites for hydroxylation is 1. The molecule has 0 radical (unpaired) electrons. The third-order valence-electron chi connectivity index (χ3n) is 9.39. The number of benzene rings is 2. The van der Waals surface area contributed by atoms with Gasteiger partial charge in [0.2, 0.25) is 5.78 Å². The van der Waals surface area contributed by atoms with E-state index < -0.39 is 17.2 Å². The molecule has 47 heavy (non-hydrogen) atoms. The SMILES string of the molecule is CCCc1c(Cc2ccc(-c3ccccc3-c3noc(=O)[nH]3)cc2F)c(=O)n([C@H]2CC[C@H](OC3COCC3(C)O)CC2)c2ncnn12. The van der Waals surface area contributed by atoms with Crippen molar-refractivity contribution >= 4 is 5.78 Å². The minimum absolute atomic E-state index is 0.0462. The summed E-state index contributed by atoms with van der Waals surface area (Å²) in [6, 6.07) is 12.0. The maximum absolute atomic E-state index is 15.9. The molecule has 246 valence electrons. The lowest BCUT2D eigenvalue weighted by molar-refractivity contribution is -0.109. The first-order valence-corrected chi connectivity index (χ1v) is 16.1. The van der Waals surface area contributed by atoms with E-state index in [1.165, 1.54) is 12.4 Å². The normalized spacial score (nSPS) is 23.1. The van der Waals surface area contributed by atoms with Crippen LogP contribution in [0.3, 0.4) is 0 Å². The van der Waals surface area contributed by atoms with Crippen molar-refractivity contribution < 1.29 is 23.5 Å². The average molecular weight is 645 g/mol. The van der Waals surface area contributed by atoms with Crippen LogP contribution in [0.1, 0.15) is 68.8 Å². The minimum atomic E-state index is -1.01. The van der Waals surface area contributed by atoms with Crippen LogP contribution in [0, 0.1) is 5.82 Å². The molecule has 0 bridgehead atoms. The van der Waals surface area contributed by atoms with E-state index in [1.807, 2.05) is 19.1 Å². The Balaban J connectivity index is 1.19. The van der Waals surface area contributed by atoms with Crippen molar-refractivity contribution in [2.45, 2.75) is 82.6 Å². The Hall–Kier alpha value is -4.46. The first kappa shape index (κ1) is 31.2. The number of nitrogens with zero attached hydrogens (tertiary/aromatic N) is 5. The number of halogens is 1. The second-order valence-corrected chi connectivity index (χ2v) is 12.7. The van der Waals surface area contributed by atoms with E-state index in [1.54, 1.807) is 40.3 Å². The van der Waals surface area contributed by atoms with Crippen molar-refractivity contribution in [2.24, 2.45) is 0 Å². The number of hydrogen-bond donors (Lipinski definition) is 2. The molecule has 0 spiro atoms. The van der Waals surface area contributed by atoms with Gasteiger partial charge in [-0.05, 0) is 61.8 Å². The summed E-state index contributed by atoms with van der Waals surface area (Å²) in [4.78, 5) is 33.0. The molecular weight excluding hydrogens is 607 g/mol. The van der Waals surface area contributed by atoms with Gasteiger partial charge in [0, 0.05) is 23.6 Å². The zero-order valence-electron chi connectivity index (χ0n) is 26.3. The third-order valence-corrected chi connectivity index (χ3v) is 9.39. The highest BCUT2D eigenvalue weighted by Gasteiger charge is 2.41. The summed E-state index contributed by atoms with van der Waals surface area (Å²) in [5.41, 5.74) is 2.26. The predicted octanol–water partition coefficient (Wildman–Crippen LogP) is 4.23. The van der Waals surface area contributed by atoms with Gasteiger partial charge in [-0.15, -0.1) is 0 Å². The molecule has 2 unspecified atom stereocenters. The summed E-state index contributed by atoms with van der Waals surface area (Å²) >= 11 is 0. The number of aliphatic hydroxyl groups is 1. The van der Waals surface area contributed by atoms with Crippen LogP contribution in [-0.2, 0) is 22.3 Å². The highest BCUT2D eigenvalue weighted by Crippen LogP contribution is 2.34. The number of fused-ring (bicyclic) bond motifs is 1. The lowest BCUT2D eigenvalue weighted by atomic mass is 9.91. The van der Waals surface area contributed by atoms with Gasteiger partial charge in [-0.1, -0.05) is 54.9 Å². The van der Waals surface area contributed by atoms with Crippen LogP contribution in [0.15, 0.2) is 62.9 Å². The first-order chi connectivity index (χ1) is 22.7. The van der Waals surface area contributed by atoms with E-state index in [2.05, 4.69) is 24.7 Å². The Morgan fingerprint density at radius 1 is 1.13 bits per heavy atom. The molecule has 0 amide bonds. The number of H-pyrrole nitrogens is 1. The molecule has 2 N–H and O–H groups in total. The van der Waals surface area contributed by atoms with Crippen molar-refractivity contribution in [1.29, 1.82) is 0 Å². The summed E-state index contributed by atoms with van der Waals surface area (Å²) in [6.45, 7) is 4.37. The molecule has 5 aromatic rings. The lowest BCUT2D eigenvalue weighted by Crippen LogP contribution is -2.43. The number of aromatic nitrogens is 6. The van der Waals surface area contributed by atoms with E-state index in [0.717, 1.165) is 25.0 Å². The van der Waals surface area contributed by atoms with Crippen molar-refractivity contribution in [3.8, 4) is 22.5 Å². The average Bonchev–Trinajstić information content (AvgIpc) is 3.80. The molecule has 1 saturated heterocycles. The van der Waals surface area contributed by atoms with Gasteiger partial charge in [-0.3, -0.25) is 18.9 Å². The quantitative estimate of drug-likeness (QED) is 0.240. The Labute approximate surface area is 269 Å². The summed E-state index contributed by atoms with van der Waals surface area (Å²) < 4.78 is 35.7. The van der Waals surface area contributed by atoms with Gasteiger partial charge in [0.15, 0.2) is 5.82 Å². The van der Waals surface area contributed by atoms with Gasteiger partial charge in [0.1, 0.15) is 23.8 Å². The molecule has 2 atom stereocenters. The number of nitrogens with one attached hydrogen (secondary N) is 1. The summed E-state index contributed by atoms with van der Waals surface area (Å²) in [6.07, 6.45) is 5.29. The highest BCUT2D eigenvalue weighted by molar-refractivity contribution is 5.80. The van der Waals surface area contributed by atoms with Gasteiger partial charge in [-0.25, -0.2) is 13.7 Å². The molecule has 2 aliphatic rings. The molecule has 7 rings (SSSR count). The number of aromatic amines is 1. The molecule has 12 nitrogen and oxygen atoms in total. The molecule has 2 fully saturated rings. The van der Waals surface area contributed by atoms with Gasteiger partial charge in [0.25, 0.3) is 5.56 Å². The van der Waals surface area contributed by atoms with Gasteiger partial charge >= 0.3 is 5.76 Å². The molecular formula is C34H37FN6O6. The largest absolute Gasteiger partial charge is 0.439 e. The second-order valence-electron chi connectivity index (χ2n) is 12.7. The van der Waals surface area contributed by atoms with Crippen LogP contribution >= 0.6 is 0 Å². The monoisotopic (exact) mass is 644 g/mol. The maximum atomic E-state index is 15.9. The Kier molecular flexibility index (Phi) is 8.37. The standard InChI is InChI=1S/C34H37FN6O6/c1-3-6-28-26(15-21-10-9-20(16-27(21)35)24-7-4-5-8-25(24)30-38-33(43)47-39-30)31(42)40(32-36-19-37-41(28)32)22-11-13-23(14-12-22)46-29-17-45-18-34(29,2)44/h4-5,7-10,16,19,22-23,29,44H,3,6,11-15,17-18H2,1-2H3,(H,38,39,43)/t22-,23-,29?,34?. The molecule has 3 aromatic heterocycles. The number of rotatable bonds is 9. The van der Waals surface area contributed by atoms with E-state index >= 15 is 4.39 Å². The molecule has 4 heterocycles. The van der Waals surface area contributed by atoms with Crippen LogP contribution < -0.4 is 11.3 Å². The predicted molar refractivity (Wildman–Crippen MR) is 170 cm³/mol. The maximum Gasteiger partial charge on any atom is 0.439 e. The Morgan fingerprint density at radius 2 is 1.91 bits per heavy atom. The van der Waals surface area contributed by atoms with Crippen LogP contribution in [0.4, 0.5) is 4.39 Å². The van der Waals surface area contributed by atoms with E-state index in [-0.39, 0.29) is 42.7 Å². The van der Waals surface area contributed by atoms with E-state index in [9.17, 15) is 14.7 Å². The first-order valence-electron chi connectivity index (χ1n) is 16.1. The summed E-state index contributed by atoms with van der Waals surface area (Å²) in [5.74, 6) is -0.399. The van der Waals surface area contributed by atoms with Crippen molar-refractivity contribution in [3.63, 3.8) is 0 Å². The summed E-state index contributed by atoms with van der Waals surface area (Å²) in [5, 5.41) is 18.9. The lowest BCUT2D eigenvalue weighted by Gasteiger charge is -2.34. The topological polar surface area (TPSA) is 150 Å². The minimum Gasteiger partial charge on any atom is -0.385 e. The van der Waals surface area contributed by atoms with Gasteiger partial charge < -0.3 is 14.6 Å². The molecule has 2 aromatic carbocycles. The molecule has 1 saturated carbocycles. The fourth-order valence-corrected chi connectivity index (χ4v) is 6.92. The molecule has 13 heteroatoms. The molecule has 1 aliphatic carbocycles. The van der Waals surface area contributed by atoms with Crippen molar-refractivity contribution in [3.05, 3.63) is 92.3 Å². The summed E-state index contributed by atoms with van der Waals surface area (Å²) in [7, 11) is 0. The van der Waals surface area contributed by atoms with Crippen molar-refractivity contribution in [2.75, 3.05) is 13.2 Å². The van der Waals surface area contributed by atoms with Crippen LogP contribution in [-0.4, -0.2) is 65.4 Å². The van der Waals surface area contributed by atoms with Crippen molar-refractivity contribution in [1.82, 2.24) is 29.3 Å². The fraction of sp³-hybridized carbons (Fsp3) is 0.441. The van der Waals surface area contributed by atoms with Gasteiger partial charge in [-0.2, -0.15) is 10.1 Å².